The maximum atomic E-state index is 11.9. The van der Waals surface area contributed by atoms with Crippen LogP contribution in [-0.4, -0.2) is 31.9 Å². The molecule has 97 valence electrons. The van der Waals surface area contributed by atoms with Crippen LogP contribution in [0.25, 0.3) is 0 Å². The largest absolute Gasteiger partial charge is 0.484 e. The summed E-state index contributed by atoms with van der Waals surface area (Å²) >= 11 is 0. The first-order valence-electron chi connectivity index (χ1n) is 5.24. The van der Waals surface area contributed by atoms with Crippen LogP contribution in [0.2, 0.25) is 0 Å². The normalized spacial score (nSPS) is 15.7. The number of rotatable bonds is 3. The number of alkyl halides is 3. The lowest BCUT2D eigenvalue weighted by atomic mass is 10.3. The van der Waals surface area contributed by atoms with E-state index in [9.17, 15) is 18.0 Å². The van der Waals surface area contributed by atoms with Crippen molar-refractivity contribution in [2.24, 2.45) is 0 Å². The number of hydrogen-bond donors (Lipinski definition) is 0. The van der Waals surface area contributed by atoms with Crippen LogP contribution in [-0.2, 0) is 0 Å². The molecular weight excluding hydrogens is 249 g/mol. The van der Waals surface area contributed by atoms with E-state index >= 15 is 0 Å². The van der Waals surface area contributed by atoms with Crippen molar-refractivity contribution in [3.05, 3.63) is 24.3 Å². The Morgan fingerprint density at radius 1 is 1.28 bits per heavy atom. The summed E-state index contributed by atoms with van der Waals surface area (Å²) in [6.45, 7) is -0.406. The number of anilines is 1. The van der Waals surface area contributed by atoms with Gasteiger partial charge in [-0.15, -0.1) is 0 Å². The molecule has 1 aliphatic rings. The molecule has 2 rings (SSSR count). The summed E-state index contributed by atoms with van der Waals surface area (Å²) in [5, 5.41) is 3.69. The van der Waals surface area contributed by atoms with Crippen LogP contribution in [0.1, 0.15) is 0 Å². The topological polar surface area (TPSA) is 43.6 Å². The predicted molar refractivity (Wildman–Crippen MR) is 57.7 cm³/mol. The minimum absolute atomic E-state index is 0.111. The van der Waals surface area contributed by atoms with Gasteiger partial charge in [0.05, 0.1) is 6.54 Å². The van der Waals surface area contributed by atoms with Gasteiger partial charge in [-0.1, -0.05) is 0 Å². The average molecular weight is 259 g/mol. The summed E-state index contributed by atoms with van der Waals surface area (Å²) in [6.07, 6.45) is -4.36. The monoisotopic (exact) mass is 259 g/mol. The number of halogens is 3. The smallest absolute Gasteiger partial charge is 0.422 e. The van der Waals surface area contributed by atoms with Gasteiger partial charge in [-0.2, -0.15) is 13.2 Å². The fourth-order valence-corrected chi connectivity index (χ4v) is 1.55. The fourth-order valence-electron chi connectivity index (χ4n) is 1.55. The minimum atomic E-state index is -4.36. The molecule has 0 spiro atoms. The molecule has 1 aromatic carbocycles. The highest BCUT2D eigenvalue weighted by atomic mass is 19.4. The third-order valence-corrected chi connectivity index (χ3v) is 2.35. The molecule has 1 fully saturated rings. The second kappa shape index (κ2) is 4.75. The molecule has 1 heterocycles. The number of nitrogens with zero attached hydrogens (tertiary/aromatic N) is 2. The van der Waals surface area contributed by atoms with Gasteiger partial charge in [0, 0.05) is 12.2 Å². The third kappa shape index (κ3) is 3.06. The van der Waals surface area contributed by atoms with Crippen LogP contribution < -0.4 is 15.0 Å². The van der Waals surface area contributed by atoms with E-state index in [1.807, 2.05) is 0 Å². The second-order valence-electron chi connectivity index (χ2n) is 3.71. The molecule has 0 unspecified atom stereocenters. The Kier molecular flexibility index (Phi) is 3.31. The number of urea groups is 1. The molecular formula is C11H10F3N2O2. The average Bonchev–Trinajstić information content (AvgIpc) is 2.73. The Morgan fingerprint density at radius 2 is 1.94 bits per heavy atom. The SMILES string of the molecule is O=C1[N]CCN1c1ccc(OCC(F)(F)F)cc1. The van der Waals surface area contributed by atoms with Gasteiger partial charge in [-0.3, -0.25) is 4.90 Å². The van der Waals surface area contributed by atoms with Crippen molar-refractivity contribution >= 4 is 11.7 Å². The van der Waals surface area contributed by atoms with Crippen molar-refractivity contribution in [2.45, 2.75) is 6.18 Å². The maximum Gasteiger partial charge on any atom is 0.422 e. The first-order valence-corrected chi connectivity index (χ1v) is 5.24. The lowest BCUT2D eigenvalue weighted by Crippen LogP contribution is -2.25. The zero-order chi connectivity index (χ0) is 13.2. The van der Waals surface area contributed by atoms with E-state index in [-0.39, 0.29) is 11.8 Å². The number of carbonyl (C=O) groups is 1. The third-order valence-electron chi connectivity index (χ3n) is 2.35. The molecule has 0 bridgehead atoms. The number of ether oxygens (including phenoxy) is 1. The van der Waals surface area contributed by atoms with Gasteiger partial charge < -0.3 is 4.74 Å². The standard InChI is InChI=1S/C11H10F3N2O2/c12-11(13,14)7-18-9-3-1-8(2-4-9)16-6-5-15-10(16)17/h1-4H,5-7H2. The first kappa shape index (κ1) is 12.5. The summed E-state index contributed by atoms with van der Waals surface area (Å²) in [6, 6.07) is 5.52. The van der Waals surface area contributed by atoms with Gasteiger partial charge in [0.25, 0.3) is 0 Å². The molecule has 1 aromatic rings. The van der Waals surface area contributed by atoms with E-state index in [4.69, 9.17) is 0 Å². The van der Waals surface area contributed by atoms with E-state index in [0.29, 0.717) is 18.8 Å². The number of amides is 2. The highest BCUT2D eigenvalue weighted by Gasteiger charge is 2.28. The zero-order valence-corrected chi connectivity index (χ0v) is 9.28. The van der Waals surface area contributed by atoms with Crippen molar-refractivity contribution in [3.63, 3.8) is 0 Å². The van der Waals surface area contributed by atoms with Gasteiger partial charge in [0.1, 0.15) is 5.75 Å². The van der Waals surface area contributed by atoms with Crippen LogP contribution in [0.4, 0.5) is 23.7 Å². The van der Waals surface area contributed by atoms with Crippen LogP contribution in [0.3, 0.4) is 0 Å². The minimum Gasteiger partial charge on any atom is -0.484 e. The number of benzene rings is 1. The molecule has 7 heteroatoms. The van der Waals surface area contributed by atoms with Gasteiger partial charge in [-0.25, -0.2) is 10.1 Å². The van der Waals surface area contributed by atoms with Crippen molar-refractivity contribution in [3.8, 4) is 5.75 Å². The second-order valence-corrected chi connectivity index (χ2v) is 3.71. The van der Waals surface area contributed by atoms with E-state index in [2.05, 4.69) is 10.1 Å². The van der Waals surface area contributed by atoms with Crippen molar-refractivity contribution in [1.82, 2.24) is 5.32 Å². The van der Waals surface area contributed by atoms with E-state index < -0.39 is 12.8 Å². The van der Waals surface area contributed by atoms with Gasteiger partial charge >= 0.3 is 12.2 Å². The lowest BCUT2D eigenvalue weighted by molar-refractivity contribution is -0.153. The van der Waals surface area contributed by atoms with Crippen molar-refractivity contribution in [2.75, 3.05) is 24.6 Å². The summed E-state index contributed by atoms with van der Waals surface area (Å²) in [4.78, 5) is 12.7. The maximum absolute atomic E-state index is 11.9. The van der Waals surface area contributed by atoms with Crippen LogP contribution >= 0.6 is 0 Å². The van der Waals surface area contributed by atoms with Crippen LogP contribution in [0.15, 0.2) is 24.3 Å². The quantitative estimate of drug-likeness (QED) is 0.835. The lowest BCUT2D eigenvalue weighted by Gasteiger charge is -2.14. The van der Waals surface area contributed by atoms with Crippen molar-refractivity contribution < 1.29 is 22.7 Å². The molecule has 2 amide bonds. The molecule has 1 saturated heterocycles. The zero-order valence-electron chi connectivity index (χ0n) is 9.28. The molecule has 0 N–H and O–H groups in total. The van der Waals surface area contributed by atoms with Crippen LogP contribution in [0.5, 0.6) is 5.75 Å². The van der Waals surface area contributed by atoms with Gasteiger partial charge in [0.2, 0.25) is 0 Å². The Balaban J connectivity index is 1.99. The van der Waals surface area contributed by atoms with E-state index in [0.717, 1.165) is 0 Å². The van der Waals surface area contributed by atoms with Crippen molar-refractivity contribution in [1.29, 1.82) is 0 Å². The van der Waals surface area contributed by atoms with E-state index in [1.54, 1.807) is 0 Å². The van der Waals surface area contributed by atoms with Gasteiger partial charge in [0.15, 0.2) is 6.61 Å². The fraction of sp³-hybridized carbons (Fsp3) is 0.364. The highest BCUT2D eigenvalue weighted by molar-refractivity contribution is 5.93. The summed E-state index contributed by atoms with van der Waals surface area (Å²) in [5.74, 6) is 0.111. The molecule has 1 aliphatic heterocycles. The summed E-state index contributed by atoms with van der Waals surface area (Å²) < 4.78 is 40.3. The molecule has 1 radical (unpaired) electrons. The summed E-state index contributed by atoms with van der Waals surface area (Å²) in [5.41, 5.74) is 0.598. The number of hydrogen-bond acceptors (Lipinski definition) is 2. The molecule has 4 nitrogen and oxygen atoms in total. The first-order chi connectivity index (χ1) is 8.46. The Morgan fingerprint density at radius 3 is 2.44 bits per heavy atom. The van der Waals surface area contributed by atoms with Crippen LogP contribution in [0, 0.1) is 0 Å². The molecule has 0 atom stereocenters. The molecule has 0 saturated carbocycles. The molecule has 0 aromatic heterocycles. The predicted octanol–water partition coefficient (Wildman–Crippen LogP) is 2.17. The molecule has 18 heavy (non-hydrogen) atoms. The molecule has 0 aliphatic carbocycles. The summed E-state index contributed by atoms with van der Waals surface area (Å²) in [7, 11) is 0. The Hall–Kier alpha value is -1.92. The Labute approximate surface area is 101 Å². The Bertz CT molecular complexity index is 431. The van der Waals surface area contributed by atoms with E-state index in [1.165, 1.54) is 29.2 Å². The number of carbonyl (C=O) groups excluding carboxylic acids is 1. The van der Waals surface area contributed by atoms with Gasteiger partial charge in [-0.05, 0) is 24.3 Å². The highest BCUT2D eigenvalue weighted by Crippen LogP contribution is 2.23.